The molecule has 1 aliphatic heterocycles. The molecule has 1 fully saturated rings. The second-order valence-electron chi connectivity index (χ2n) is 11.8. The molecule has 0 bridgehead atoms. The fourth-order valence-electron chi connectivity index (χ4n) is 5.41. The topological polar surface area (TPSA) is 151 Å². The van der Waals surface area contributed by atoms with Gasteiger partial charge in [-0.15, -0.1) is 0 Å². The molecule has 1 aromatic heterocycles. The van der Waals surface area contributed by atoms with E-state index in [9.17, 15) is 25.2 Å². The van der Waals surface area contributed by atoms with Gasteiger partial charge in [0, 0.05) is 17.2 Å². The van der Waals surface area contributed by atoms with Crippen molar-refractivity contribution in [2.45, 2.75) is 84.6 Å². The molecule has 11 heteroatoms. The van der Waals surface area contributed by atoms with Crippen molar-refractivity contribution < 1.29 is 43.8 Å². The maximum absolute atomic E-state index is 14.2. The van der Waals surface area contributed by atoms with Crippen LogP contribution in [0.25, 0.3) is 22.3 Å². The molecule has 4 rings (SSSR count). The van der Waals surface area contributed by atoms with Crippen molar-refractivity contribution in [1.82, 2.24) is 4.90 Å². The highest BCUT2D eigenvalue weighted by Gasteiger charge is 2.44. The van der Waals surface area contributed by atoms with Crippen molar-refractivity contribution in [3.05, 3.63) is 57.8 Å². The lowest BCUT2D eigenvalue weighted by atomic mass is 10.00. The van der Waals surface area contributed by atoms with Crippen LogP contribution in [0.5, 0.6) is 23.0 Å². The second-order valence-corrected chi connectivity index (χ2v) is 11.8. The predicted molar refractivity (Wildman–Crippen MR) is 175 cm³/mol. The van der Waals surface area contributed by atoms with Crippen molar-refractivity contribution in [2.75, 3.05) is 33.4 Å². The van der Waals surface area contributed by atoms with Crippen LogP contribution in [0.15, 0.2) is 51.2 Å². The largest absolute Gasteiger partial charge is 0.507 e. The van der Waals surface area contributed by atoms with Crippen LogP contribution in [0.1, 0.15) is 53.0 Å². The number of allylic oxidation sites excluding steroid dienone is 2. The van der Waals surface area contributed by atoms with E-state index in [0.717, 1.165) is 38.0 Å². The summed E-state index contributed by atoms with van der Waals surface area (Å²) in [6, 6.07) is 8.17. The summed E-state index contributed by atoms with van der Waals surface area (Å²) in [4.78, 5) is 16.6. The standard InChI is InChI=1S/C35H47NO10/c1-7-36(8-2)17-9-10-18-43-26-19-25(37)27-29(39)34(46-35-31(41)30(40)28(38)21(5)44-35)32(22-12-14-23(42-6)15-13-22)45-33(27)24(26)16-11-20(3)4/h11-15,19,21,28,30-31,35,37-38,40-41H,7-10,16-18H2,1-6H3/t21-,28-,30+,31+,35-/m1/s1. The number of fused-ring (bicyclic) bond motifs is 1. The van der Waals surface area contributed by atoms with Gasteiger partial charge in [-0.25, -0.2) is 0 Å². The third-order valence-corrected chi connectivity index (χ3v) is 8.30. The van der Waals surface area contributed by atoms with Gasteiger partial charge < -0.3 is 48.7 Å². The Hall–Kier alpha value is -3.61. The minimum Gasteiger partial charge on any atom is -0.507 e. The zero-order chi connectivity index (χ0) is 33.5. The van der Waals surface area contributed by atoms with E-state index in [-0.39, 0.29) is 28.2 Å². The van der Waals surface area contributed by atoms with Gasteiger partial charge in [-0.05, 0) is 83.9 Å². The number of phenols is 1. The summed E-state index contributed by atoms with van der Waals surface area (Å²) in [5.74, 6) is 0.289. The first-order valence-corrected chi connectivity index (χ1v) is 15.8. The molecule has 1 aliphatic rings. The maximum Gasteiger partial charge on any atom is 0.239 e. The molecular weight excluding hydrogens is 594 g/mol. The van der Waals surface area contributed by atoms with Gasteiger partial charge in [-0.2, -0.15) is 0 Å². The Bertz CT molecular complexity index is 1540. The van der Waals surface area contributed by atoms with Crippen molar-refractivity contribution >= 4 is 11.0 Å². The summed E-state index contributed by atoms with van der Waals surface area (Å²) in [5.41, 5.74) is 1.49. The SMILES string of the molecule is CCN(CC)CCCCOc1cc(O)c2c(=O)c(O[C@H]3O[C@H](C)[C@@H](O)[C@H](O)[C@@H]3O)c(-c3ccc(OC)cc3)oc2c1CC=C(C)C. The van der Waals surface area contributed by atoms with Crippen molar-refractivity contribution in [3.63, 3.8) is 0 Å². The third kappa shape index (κ3) is 7.84. The average Bonchev–Trinajstić information content (AvgIpc) is 3.04. The smallest absolute Gasteiger partial charge is 0.239 e. The Morgan fingerprint density at radius 2 is 1.72 bits per heavy atom. The predicted octanol–water partition coefficient (Wildman–Crippen LogP) is 4.39. The van der Waals surface area contributed by atoms with Gasteiger partial charge in [0.1, 0.15) is 46.5 Å². The molecule has 2 heterocycles. The molecule has 2 aromatic carbocycles. The first-order chi connectivity index (χ1) is 22.0. The van der Waals surface area contributed by atoms with Crippen LogP contribution in [0.4, 0.5) is 0 Å². The Kier molecular flexibility index (Phi) is 12.1. The van der Waals surface area contributed by atoms with Crippen LogP contribution in [0, 0.1) is 0 Å². The molecule has 252 valence electrons. The summed E-state index contributed by atoms with van der Waals surface area (Å²) >= 11 is 0. The minimum atomic E-state index is -1.68. The number of hydrogen-bond acceptors (Lipinski definition) is 11. The number of methoxy groups -OCH3 is 1. The third-order valence-electron chi connectivity index (χ3n) is 8.30. The fourth-order valence-corrected chi connectivity index (χ4v) is 5.41. The summed E-state index contributed by atoms with van der Waals surface area (Å²) in [7, 11) is 1.53. The first-order valence-electron chi connectivity index (χ1n) is 15.8. The van der Waals surface area contributed by atoms with Crippen LogP contribution in [0.2, 0.25) is 0 Å². The van der Waals surface area contributed by atoms with Crippen LogP contribution >= 0.6 is 0 Å². The van der Waals surface area contributed by atoms with Gasteiger partial charge in [0.05, 0.1) is 19.8 Å². The summed E-state index contributed by atoms with van der Waals surface area (Å²) in [5, 5.41) is 42.3. The molecule has 0 radical (unpaired) electrons. The molecule has 0 spiro atoms. The van der Waals surface area contributed by atoms with E-state index in [2.05, 4.69) is 18.7 Å². The molecule has 11 nitrogen and oxygen atoms in total. The zero-order valence-corrected chi connectivity index (χ0v) is 27.5. The highest BCUT2D eigenvalue weighted by atomic mass is 16.7. The van der Waals surface area contributed by atoms with E-state index >= 15 is 0 Å². The highest BCUT2D eigenvalue weighted by Crippen LogP contribution is 2.41. The lowest BCUT2D eigenvalue weighted by molar-refractivity contribution is -0.268. The normalized spacial score (nSPS) is 21.4. The van der Waals surface area contributed by atoms with Gasteiger partial charge in [0.25, 0.3) is 0 Å². The molecule has 0 unspecified atom stereocenters. The number of unbranched alkanes of at least 4 members (excludes halogenated alkanes) is 1. The molecule has 5 atom stereocenters. The Morgan fingerprint density at radius 1 is 1.02 bits per heavy atom. The average molecular weight is 642 g/mol. The number of rotatable bonds is 14. The van der Waals surface area contributed by atoms with E-state index in [4.69, 9.17) is 23.4 Å². The van der Waals surface area contributed by atoms with Gasteiger partial charge in [0.2, 0.25) is 17.5 Å². The van der Waals surface area contributed by atoms with Crippen LogP contribution in [0.3, 0.4) is 0 Å². The Morgan fingerprint density at radius 3 is 2.35 bits per heavy atom. The van der Waals surface area contributed by atoms with E-state index in [1.807, 2.05) is 19.9 Å². The number of hydrogen-bond donors (Lipinski definition) is 4. The van der Waals surface area contributed by atoms with Crippen LogP contribution in [-0.4, -0.2) is 89.4 Å². The van der Waals surface area contributed by atoms with Crippen molar-refractivity contribution in [1.29, 1.82) is 0 Å². The number of ether oxygens (including phenoxy) is 4. The lowest BCUT2D eigenvalue weighted by Crippen LogP contribution is -2.58. The molecule has 3 aromatic rings. The van der Waals surface area contributed by atoms with Gasteiger partial charge >= 0.3 is 0 Å². The minimum absolute atomic E-state index is 0.0124. The molecule has 0 saturated carbocycles. The summed E-state index contributed by atoms with van der Waals surface area (Å²) in [6.45, 7) is 13.0. The van der Waals surface area contributed by atoms with Crippen LogP contribution < -0.4 is 19.6 Å². The monoisotopic (exact) mass is 641 g/mol. The molecule has 0 amide bonds. The van der Waals surface area contributed by atoms with Crippen LogP contribution in [-0.2, 0) is 11.2 Å². The second kappa shape index (κ2) is 15.8. The summed E-state index contributed by atoms with van der Waals surface area (Å²) < 4.78 is 29.6. The fraction of sp³-hybridized carbons (Fsp3) is 0.514. The van der Waals surface area contributed by atoms with E-state index in [1.165, 1.54) is 20.1 Å². The Balaban J connectivity index is 1.84. The first kappa shape index (κ1) is 35.2. The van der Waals surface area contributed by atoms with Crippen molar-refractivity contribution in [2.24, 2.45) is 0 Å². The molecule has 46 heavy (non-hydrogen) atoms. The quantitative estimate of drug-likeness (QED) is 0.147. The Labute approximate surface area is 269 Å². The van der Waals surface area contributed by atoms with E-state index in [0.29, 0.717) is 35.7 Å². The lowest BCUT2D eigenvalue weighted by Gasteiger charge is -2.38. The maximum atomic E-state index is 14.2. The van der Waals surface area contributed by atoms with E-state index < -0.39 is 36.1 Å². The number of benzene rings is 2. The number of aliphatic hydroxyl groups excluding tert-OH is 3. The molecule has 1 saturated heterocycles. The van der Waals surface area contributed by atoms with Gasteiger partial charge in [-0.3, -0.25) is 4.79 Å². The molecule has 4 N–H and O–H groups in total. The van der Waals surface area contributed by atoms with Crippen molar-refractivity contribution in [3.8, 4) is 34.3 Å². The number of aromatic hydroxyl groups is 1. The highest BCUT2D eigenvalue weighted by molar-refractivity contribution is 5.91. The van der Waals surface area contributed by atoms with E-state index in [1.54, 1.807) is 24.3 Å². The van der Waals surface area contributed by atoms with Gasteiger partial charge in [-0.1, -0.05) is 25.5 Å². The zero-order valence-electron chi connectivity index (χ0n) is 27.5. The summed E-state index contributed by atoms with van der Waals surface area (Å²) in [6.07, 6.45) is -2.95. The number of aliphatic hydroxyl groups is 3. The number of nitrogens with zero attached hydrogens (tertiary/aromatic N) is 1. The van der Waals surface area contributed by atoms with Gasteiger partial charge in [0.15, 0.2) is 5.76 Å². The molecular formula is C35H47NO10. The molecule has 0 aliphatic carbocycles. The number of phenolic OH excluding ortho intramolecular Hbond substituents is 1.